The Kier molecular flexibility index (Phi) is 5.69. The second-order valence-electron chi connectivity index (χ2n) is 6.40. The van der Waals surface area contributed by atoms with Crippen molar-refractivity contribution >= 4 is 11.6 Å². The number of nitrogens with zero attached hydrogens (tertiary/aromatic N) is 3. The van der Waals surface area contributed by atoms with Gasteiger partial charge in [0.15, 0.2) is 0 Å². The standard InChI is InChI=1S/C21H24N4O/c1-24(2)19-10-8-18(9-11-19)21(26)23-13-12-20-22-14-15-25(20)16-17-6-4-3-5-7-17/h3-11,14-15H,12-13,16H2,1-2H3,(H,23,26). The molecule has 0 fully saturated rings. The maximum atomic E-state index is 12.3. The molecule has 0 spiro atoms. The maximum absolute atomic E-state index is 12.3. The summed E-state index contributed by atoms with van der Waals surface area (Å²) in [6, 6.07) is 17.9. The fourth-order valence-electron chi connectivity index (χ4n) is 2.79. The van der Waals surface area contributed by atoms with Crippen LogP contribution in [-0.2, 0) is 13.0 Å². The van der Waals surface area contributed by atoms with Gasteiger partial charge in [-0.2, -0.15) is 0 Å². The van der Waals surface area contributed by atoms with Crippen LogP contribution >= 0.6 is 0 Å². The number of imidazole rings is 1. The average Bonchev–Trinajstić information content (AvgIpc) is 3.09. The highest BCUT2D eigenvalue weighted by Gasteiger charge is 2.08. The van der Waals surface area contributed by atoms with E-state index in [0.717, 1.165) is 18.1 Å². The van der Waals surface area contributed by atoms with E-state index in [1.165, 1.54) is 5.56 Å². The molecule has 26 heavy (non-hydrogen) atoms. The number of hydrogen-bond acceptors (Lipinski definition) is 3. The van der Waals surface area contributed by atoms with Crippen LogP contribution in [0.15, 0.2) is 67.0 Å². The zero-order valence-corrected chi connectivity index (χ0v) is 15.2. The van der Waals surface area contributed by atoms with Crippen LogP contribution in [0.2, 0.25) is 0 Å². The van der Waals surface area contributed by atoms with E-state index in [2.05, 4.69) is 27.0 Å². The Hall–Kier alpha value is -3.08. The summed E-state index contributed by atoms with van der Waals surface area (Å²) in [5, 5.41) is 2.97. The third-order valence-electron chi connectivity index (χ3n) is 4.28. The highest BCUT2D eigenvalue weighted by atomic mass is 16.1. The molecule has 5 heteroatoms. The summed E-state index contributed by atoms with van der Waals surface area (Å²) in [6.45, 7) is 1.34. The lowest BCUT2D eigenvalue weighted by Gasteiger charge is -2.13. The van der Waals surface area contributed by atoms with Crippen LogP contribution in [0, 0.1) is 0 Å². The number of anilines is 1. The maximum Gasteiger partial charge on any atom is 0.251 e. The van der Waals surface area contributed by atoms with E-state index in [9.17, 15) is 4.79 Å². The number of aromatic nitrogens is 2. The summed E-state index contributed by atoms with van der Waals surface area (Å²) in [7, 11) is 3.96. The lowest BCUT2D eigenvalue weighted by Crippen LogP contribution is -2.26. The van der Waals surface area contributed by atoms with Gasteiger partial charge in [-0.25, -0.2) is 4.98 Å². The number of nitrogens with one attached hydrogen (secondary N) is 1. The Morgan fingerprint density at radius 3 is 2.50 bits per heavy atom. The van der Waals surface area contributed by atoms with Crippen molar-refractivity contribution in [3.63, 3.8) is 0 Å². The van der Waals surface area contributed by atoms with E-state index >= 15 is 0 Å². The molecule has 0 aliphatic rings. The minimum Gasteiger partial charge on any atom is -0.378 e. The summed E-state index contributed by atoms with van der Waals surface area (Å²) in [6.07, 6.45) is 4.48. The predicted octanol–water partition coefficient (Wildman–Crippen LogP) is 2.97. The largest absolute Gasteiger partial charge is 0.378 e. The van der Waals surface area contributed by atoms with Gasteiger partial charge in [-0.3, -0.25) is 4.79 Å². The van der Waals surface area contributed by atoms with Crippen LogP contribution < -0.4 is 10.2 Å². The first-order valence-corrected chi connectivity index (χ1v) is 8.73. The minimum absolute atomic E-state index is 0.0588. The molecule has 1 heterocycles. The van der Waals surface area contributed by atoms with E-state index < -0.39 is 0 Å². The highest BCUT2D eigenvalue weighted by molar-refractivity contribution is 5.94. The smallest absolute Gasteiger partial charge is 0.251 e. The predicted molar refractivity (Wildman–Crippen MR) is 105 cm³/mol. The Morgan fingerprint density at radius 2 is 1.81 bits per heavy atom. The molecule has 0 atom stereocenters. The number of rotatable bonds is 7. The Labute approximate surface area is 154 Å². The quantitative estimate of drug-likeness (QED) is 0.714. The lowest BCUT2D eigenvalue weighted by molar-refractivity contribution is 0.0954. The van der Waals surface area contributed by atoms with Gasteiger partial charge < -0.3 is 14.8 Å². The van der Waals surface area contributed by atoms with Crippen molar-refractivity contribution in [1.82, 2.24) is 14.9 Å². The van der Waals surface area contributed by atoms with Crippen molar-refractivity contribution in [3.05, 3.63) is 83.9 Å². The van der Waals surface area contributed by atoms with Gasteiger partial charge in [0.1, 0.15) is 5.82 Å². The molecule has 0 saturated carbocycles. The minimum atomic E-state index is -0.0588. The summed E-state index contributed by atoms with van der Waals surface area (Å²) in [5.41, 5.74) is 2.98. The molecule has 3 aromatic rings. The molecule has 0 aliphatic carbocycles. The first-order chi connectivity index (χ1) is 12.6. The Balaban J connectivity index is 1.53. The first-order valence-electron chi connectivity index (χ1n) is 8.73. The van der Waals surface area contributed by atoms with Crippen LogP contribution in [0.4, 0.5) is 5.69 Å². The molecular weight excluding hydrogens is 324 g/mol. The van der Waals surface area contributed by atoms with Gasteiger partial charge in [0.05, 0.1) is 0 Å². The molecule has 134 valence electrons. The van der Waals surface area contributed by atoms with Crippen molar-refractivity contribution in [3.8, 4) is 0 Å². The monoisotopic (exact) mass is 348 g/mol. The van der Waals surface area contributed by atoms with Crippen LogP contribution in [0.5, 0.6) is 0 Å². The first kappa shape index (κ1) is 17.7. The molecule has 0 bridgehead atoms. The Morgan fingerprint density at radius 1 is 1.08 bits per heavy atom. The zero-order chi connectivity index (χ0) is 18.4. The fourth-order valence-corrected chi connectivity index (χ4v) is 2.79. The summed E-state index contributed by atoms with van der Waals surface area (Å²) in [5.74, 6) is 0.911. The number of carbonyl (C=O) groups is 1. The molecular formula is C21H24N4O. The normalized spacial score (nSPS) is 10.5. The lowest BCUT2D eigenvalue weighted by atomic mass is 10.2. The molecule has 1 N–H and O–H groups in total. The number of benzene rings is 2. The second kappa shape index (κ2) is 8.34. The van der Waals surface area contributed by atoms with Gasteiger partial charge in [0, 0.05) is 57.3 Å². The van der Waals surface area contributed by atoms with Crippen LogP contribution in [0.25, 0.3) is 0 Å². The van der Waals surface area contributed by atoms with Gasteiger partial charge in [0.2, 0.25) is 0 Å². The number of hydrogen-bond donors (Lipinski definition) is 1. The van der Waals surface area contributed by atoms with Crippen LogP contribution in [0.1, 0.15) is 21.7 Å². The molecule has 0 radical (unpaired) electrons. The summed E-state index contributed by atoms with van der Waals surface area (Å²) in [4.78, 5) is 18.7. The fraction of sp³-hybridized carbons (Fsp3) is 0.238. The molecule has 1 amide bonds. The summed E-state index contributed by atoms with van der Waals surface area (Å²) >= 11 is 0. The van der Waals surface area contributed by atoms with Crippen molar-refractivity contribution in [2.75, 3.05) is 25.5 Å². The molecule has 2 aromatic carbocycles. The molecule has 0 aliphatic heterocycles. The van der Waals surface area contributed by atoms with Crippen molar-refractivity contribution in [2.24, 2.45) is 0 Å². The third-order valence-corrected chi connectivity index (χ3v) is 4.28. The molecule has 1 aromatic heterocycles. The van der Waals surface area contributed by atoms with Gasteiger partial charge in [-0.1, -0.05) is 30.3 Å². The molecule has 0 unspecified atom stereocenters. The van der Waals surface area contributed by atoms with Crippen molar-refractivity contribution in [2.45, 2.75) is 13.0 Å². The molecule has 0 saturated heterocycles. The van der Waals surface area contributed by atoms with E-state index in [4.69, 9.17) is 0 Å². The van der Waals surface area contributed by atoms with Crippen molar-refractivity contribution in [1.29, 1.82) is 0 Å². The van der Waals surface area contributed by atoms with Crippen LogP contribution in [0.3, 0.4) is 0 Å². The van der Waals surface area contributed by atoms with E-state index in [1.54, 1.807) is 6.20 Å². The zero-order valence-electron chi connectivity index (χ0n) is 15.2. The SMILES string of the molecule is CN(C)c1ccc(C(=O)NCCc2nccn2Cc2ccccc2)cc1. The topological polar surface area (TPSA) is 50.2 Å². The van der Waals surface area contributed by atoms with Gasteiger partial charge >= 0.3 is 0 Å². The molecule has 3 rings (SSSR count). The van der Waals surface area contributed by atoms with Gasteiger partial charge in [0.25, 0.3) is 5.91 Å². The third kappa shape index (κ3) is 4.51. The second-order valence-corrected chi connectivity index (χ2v) is 6.40. The molecule has 5 nitrogen and oxygen atoms in total. The number of amides is 1. The Bertz CT molecular complexity index is 838. The number of carbonyl (C=O) groups excluding carboxylic acids is 1. The van der Waals surface area contributed by atoms with Gasteiger partial charge in [-0.15, -0.1) is 0 Å². The average molecular weight is 348 g/mol. The van der Waals surface area contributed by atoms with Gasteiger partial charge in [-0.05, 0) is 29.8 Å². The van der Waals surface area contributed by atoms with Crippen LogP contribution in [-0.4, -0.2) is 36.1 Å². The summed E-state index contributed by atoms with van der Waals surface area (Å²) < 4.78 is 2.12. The highest BCUT2D eigenvalue weighted by Crippen LogP contribution is 2.12. The van der Waals surface area contributed by atoms with E-state index in [-0.39, 0.29) is 5.91 Å². The van der Waals surface area contributed by atoms with E-state index in [1.807, 2.05) is 67.7 Å². The van der Waals surface area contributed by atoms with E-state index in [0.29, 0.717) is 18.5 Å². The van der Waals surface area contributed by atoms with Crippen molar-refractivity contribution < 1.29 is 4.79 Å².